The molecule has 138 valence electrons. The minimum Gasteiger partial charge on any atom is -0.350 e. The van der Waals surface area contributed by atoms with Gasteiger partial charge in [0.1, 0.15) is 0 Å². The maximum Gasteiger partial charge on any atom is 0.321 e. The molecule has 1 aliphatic rings. The molecule has 2 aromatic rings. The van der Waals surface area contributed by atoms with Crippen LogP contribution in [0.2, 0.25) is 0 Å². The monoisotopic (exact) mass is 372 g/mol. The number of nitrogens with zero attached hydrogens (tertiary/aromatic N) is 2. The number of rotatable bonds is 5. The molecular formula is C19H24N4O2S. The van der Waals surface area contributed by atoms with Crippen LogP contribution in [-0.2, 0) is 0 Å². The topological polar surface area (TPSA) is 64.7 Å². The number of urea groups is 1. The Kier molecular flexibility index (Phi) is 6.25. The summed E-state index contributed by atoms with van der Waals surface area (Å²) in [6.07, 6.45) is 0. The summed E-state index contributed by atoms with van der Waals surface area (Å²) < 4.78 is 0. The molecule has 0 aliphatic carbocycles. The van der Waals surface area contributed by atoms with E-state index in [-0.39, 0.29) is 11.9 Å². The molecule has 0 saturated carbocycles. The summed E-state index contributed by atoms with van der Waals surface area (Å²) >= 11 is 1.45. The van der Waals surface area contributed by atoms with Crippen molar-refractivity contribution in [2.75, 3.05) is 44.6 Å². The van der Waals surface area contributed by atoms with Gasteiger partial charge in [0.15, 0.2) is 0 Å². The second kappa shape index (κ2) is 8.82. The van der Waals surface area contributed by atoms with Gasteiger partial charge in [-0.1, -0.05) is 18.2 Å². The molecule has 7 heteroatoms. The van der Waals surface area contributed by atoms with Gasteiger partial charge in [0, 0.05) is 45.0 Å². The lowest BCUT2D eigenvalue weighted by molar-refractivity contribution is 0.0946. The first kappa shape index (κ1) is 18.4. The van der Waals surface area contributed by atoms with Crippen molar-refractivity contribution >= 4 is 29.0 Å². The number of nitrogens with one attached hydrogen (secondary N) is 2. The average molecular weight is 372 g/mol. The second-order valence-corrected chi connectivity index (χ2v) is 7.31. The summed E-state index contributed by atoms with van der Waals surface area (Å²) in [5, 5.41) is 7.79. The van der Waals surface area contributed by atoms with Crippen molar-refractivity contribution < 1.29 is 9.59 Å². The van der Waals surface area contributed by atoms with E-state index in [4.69, 9.17) is 0 Å². The van der Waals surface area contributed by atoms with E-state index in [1.54, 1.807) is 0 Å². The van der Waals surface area contributed by atoms with Gasteiger partial charge in [-0.05, 0) is 36.1 Å². The third-order valence-corrected chi connectivity index (χ3v) is 5.26. The smallest absolute Gasteiger partial charge is 0.321 e. The standard InChI is InChI=1S/C19H24N4O2S/c1-15-4-2-5-16(14-15)21-19(25)23-11-9-22(10-12-23)8-7-20-18(24)17-6-3-13-26-17/h2-6,13-14H,7-12H2,1H3,(H,20,24)(H,21,25). The number of carbonyl (C=O) groups is 2. The number of hydrogen-bond acceptors (Lipinski definition) is 4. The normalized spacial score (nSPS) is 14.9. The molecule has 2 heterocycles. The largest absolute Gasteiger partial charge is 0.350 e. The second-order valence-electron chi connectivity index (χ2n) is 6.36. The van der Waals surface area contributed by atoms with Gasteiger partial charge in [-0.3, -0.25) is 9.69 Å². The van der Waals surface area contributed by atoms with Crippen LogP contribution in [0.1, 0.15) is 15.2 Å². The van der Waals surface area contributed by atoms with E-state index in [0.717, 1.165) is 35.8 Å². The maximum atomic E-state index is 12.4. The van der Waals surface area contributed by atoms with Crippen LogP contribution in [0.3, 0.4) is 0 Å². The number of aryl methyl sites for hydroxylation is 1. The third kappa shape index (κ3) is 5.06. The summed E-state index contributed by atoms with van der Waals surface area (Å²) in [7, 11) is 0. The average Bonchev–Trinajstić information content (AvgIpc) is 3.17. The number of hydrogen-bond donors (Lipinski definition) is 2. The first-order valence-corrected chi connectivity index (χ1v) is 9.66. The Hall–Kier alpha value is -2.38. The number of amides is 3. The van der Waals surface area contributed by atoms with Gasteiger partial charge >= 0.3 is 6.03 Å². The van der Waals surface area contributed by atoms with Crippen LogP contribution in [0.5, 0.6) is 0 Å². The van der Waals surface area contributed by atoms with E-state index in [9.17, 15) is 9.59 Å². The summed E-state index contributed by atoms with van der Waals surface area (Å²) in [5.74, 6) is -0.0174. The first-order chi connectivity index (χ1) is 12.6. The Morgan fingerprint density at radius 2 is 1.92 bits per heavy atom. The molecule has 1 aliphatic heterocycles. The van der Waals surface area contributed by atoms with Crippen LogP contribution in [0.25, 0.3) is 0 Å². The van der Waals surface area contributed by atoms with Gasteiger partial charge in [0.2, 0.25) is 0 Å². The summed E-state index contributed by atoms with van der Waals surface area (Å²) in [5.41, 5.74) is 1.95. The zero-order valence-electron chi connectivity index (χ0n) is 14.9. The van der Waals surface area contributed by atoms with Crippen LogP contribution in [-0.4, -0.2) is 61.0 Å². The van der Waals surface area contributed by atoms with Crippen LogP contribution in [0.4, 0.5) is 10.5 Å². The van der Waals surface area contributed by atoms with Crippen LogP contribution in [0.15, 0.2) is 41.8 Å². The minimum absolute atomic E-state index is 0.0174. The van der Waals surface area contributed by atoms with Crippen molar-refractivity contribution in [1.82, 2.24) is 15.1 Å². The van der Waals surface area contributed by atoms with E-state index >= 15 is 0 Å². The maximum absolute atomic E-state index is 12.4. The molecule has 1 saturated heterocycles. The van der Waals surface area contributed by atoms with Gasteiger partial charge in [0.05, 0.1) is 4.88 Å². The van der Waals surface area contributed by atoms with Gasteiger partial charge < -0.3 is 15.5 Å². The zero-order chi connectivity index (χ0) is 18.4. The van der Waals surface area contributed by atoms with Crippen molar-refractivity contribution in [3.8, 4) is 0 Å². The summed E-state index contributed by atoms with van der Waals surface area (Å²) in [4.78, 5) is 29.1. The van der Waals surface area contributed by atoms with Crippen molar-refractivity contribution in [1.29, 1.82) is 0 Å². The van der Waals surface area contributed by atoms with Crippen molar-refractivity contribution in [3.63, 3.8) is 0 Å². The lowest BCUT2D eigenvalue weighted by Gasteiger charge is -2.34. The minimum atomic E-state index is -0.0544. The Balaban J connectivity index is 1.37. The first-order valence-electron chi connectivity index (χ1n) is 8.78. The van der Waals surface area contributed by atoms with Crippen LogP contribution < -0.4 is 10.6 Å². The summed E-state index contributed by atoms with van der Waals surface area (Å²) in [6.45, 7) is 6.43. The zero-order valence-corrected chi connectivity index (χ0v) is 15.7. The van der Waals surface area contributed by atoms with Crippen molar-refractivity contribution in [2.45, 2.75) is 6.92 Å². The molecule has 26 heavy (non-hydrogen) atoms. The van der Waals surface area contributed by atoms with Gasteiger partial charge in [-0.2, -0.15) is 0 Å². The molecule has 3 rings (SSSR count). The van der Waals surface area contributed by atoms with E-state index in [2.05, 4.69) is 15.5 Å². The fourth-order valence-corrected chi connectivity index (χ4v) is 3.56. The van der Waals surface area contributed by atoms with Gasteiger partial charge in [-0.25, -0.2) is 4.79 Å². The predicted molar refractivity (Wildman–Crippen MR) is 105 cm³/mol. The molecular weight excluding hydrogens is 348 g/mol. The van der Waals surface area contributed by atoms with Gasteiger partial charge in [0.25, 0.3) is 5.91 Å². The molecule has 0 radical (unpaired) electrons. The number of thiophene rings is 1. The van der Waals surface area contributed by atoms with E-state index < -0.39 is 0 Å². The lowest BCUT2D eigenvalue weighted by atomic mass is 10.2. The molecule has 1 aromatic carbocycles. The Morgan fingerprint density at radius 3 is 2.62 bits per heavy atom. The van der Waals surface area contributed by atoms with E-state index in [1.807, 2.05) is 53.6 Å². The number of benzene rings is 1. The Morgan fingerprint density at radius 1 is 1.12 bits per heavy atom. The van der Waals surface area contributed by atoms with E-state index in [0.29, 0.717) is 19.6 Å². The molecule has 3 amide bonds. The fraction of sp³-hybridized carbons (Fsp3) is 0.368. The SMILES string of the molecule is Cc1cccc(NC(=O)N2CCN(CCNC(=O)c3cccs3)CC2)c1. The Bertz CT molecular complexity index is 740. The van der Waals surface area contributed by atoms with Crippen molar-refractivity contribution in [3.05, 3.63) is 52.2 Å². The molecule has 2 N–H and O–H groups in total. The predicted octanol–water partition coefficient (Wildman–Crippen LogP) is 2.64. The highest BCUT2D eigenvalue weighted by Gasteiger charge is 2.21. The number of piperazine rings is 1. The van der Waals surface area contributed by atoms with Crippen LogP contribution in [0, 0.1) is 6.92 Å². The quantitative estimate of drug-likeness (QED) is 0.848. The third-order valence-electron chi connectivity index (χ3n) is 4.39. The van der Waals surface area contributed by atoms with Crippen molar-refractivity contribution in [2.24, 2.45) is 0 Å². The highest BCUT2D eigenvalue weighted by molar-refractivity contribution is 7.12. The molecule has 0 atom stereocenters. The highest BCUT2D eigenvalue weighted by Crippen LogP contribution is 2.12. The fourth-order valence-electron chi connectivity index (χ4n) is 2.92. The highest BCUT2D eigenvalue weighted by atomic mass is 32.1. The van der Waals surface area contributed by atoms with Crippen LogP contribution >= 0.6 is 11.3 Å². The molecule has 1 fully saturated rings. The number of anilines is 1. The Labute approximate surface area is 157 Å². The summed E-state index contributed by atoms with van der Waals surface area (Å²) in [6, 6.07) is 11.5. The number of carbonyl (C=O) groups excluding carboxylic acids is 2. The molecule has 0 bridgehead atoms. The lowest BCUT2D eigenvalue weighted by Crippen LogP contribution is -2.51. The van der Waals surface area contributed by atoms with Gasteiger partial charge in [-0.15, -0.1) is 11.3 Å². The molecule has 6 nitrogen and oxygen atoms in total. The van der Waals surface area contributed by atoms with E-state index in [1.165, 1.54) is 11.3 Å². The molecule has 0 unspecified atom stereocenters. The molecule has 0 spiro atoms. The molecule has 1 aromatic heterocycles.